The van der Waals surface area contributed by atoms with E-state index in [1.54, 1.807) is 0 Å². The Labute approximate surface area is 88.5 Å². The highest BCUT2D eigenvalue weighted by molar-refractivity contribution is 4.83. The van der Waals surface area contributed by atoms with Crippen molar-refractivity contribution in [2.75, 3.05) is 40.3 Å². The fourth-order valence-corrected chi connectivity index (χ4v) is 2.43. The number of nitrogens with zero attached hydrogens (tertiary/aromatic N) is 2. The summed E-state index contributed by atoms with van der Waals surface area (Å²) in [5, 5.41) is 3.29. The Balaban J connectivity index is 2.48. The molecule has 84 valence electrons. The maximum Gasteiger partial charge on any atom is 0.0221 e. The smallest absolute Gasteiger partial charge is 0.0221 e. The number of piperazine rings is 1. The zero-order chi connectivity index (χ0) is 10.6. The molecule has 0 saturated carbocycles. The molecule has 0 radical (unpaired) electrons. The van der Waals surface area contributed by atoms with Crippen molar-refractivity contribution in [2.45, 2.75) is 32.4 Å². The molecule has 3 nitrogen and oxygen atoms in total. The molecule has 3 heteroatoms. The Kier molecular flexibility index (Phi) is 4.85. The Bertz CT molecular complexity index is 161. The summed E-state index contributed by atoms with van der Waals surface area (Å²) in [7, 11) is 4.26. The Hall–Kier alpha value is -0.120. The van der Waals surface area contributed by atoms with Gasteiger partial charge in [-0.3, -0.25) is 4.90 Å². The van der Waals surface area contributed by atoms with Gasteiger partial charge in [0.05, 0.1) is 0 Å². The lowest BCUT2D eigenvalue weighted by Crippen LogP contribution is -2.56. The van der Waals surface area contributed by atoms with E-state index in [-0.39, 0.29) is 0 Å². The minimum absolute atomic E-state index is 0.701. The van der Waals surface area contributed by atoms with Crippen LogP contribution in [0, 0.1) is 0 Å². The molecule has 1 heterocycles. The van der Waals surface area contributed by atoms with Gasteiger partial charge < -0.3 is 10.2 Å². The zero-order valence-electron chi connectivity index (χ0n) is 10.1. The van der Waals surface area contributed by atoms with Crippen molar-refractivity contribution in [3.05, 3.63) is 0 Å². The van der Waals surface area contributed by atoms with Gasteiger partial charge in [0.25, 0.3) is 0 Å². The molecule has 0 aromatic heterocycles. The van der Waals surface area contributed by atoms with E-state index in [1.165, 1.54) is 26.1 Å². The lowest BCUT2D eigenvalue weighted by Gasteiger charge is -2.42. The third-order valence-corrected chi connectivity index (χ3v) is 3.26. The predicted molar refractivity (Wildman–Crippen MR) is 61.7 cm³/mol. The average Bonchev–Trinajstić information content (AvgIpc) is 2.15. The van der Waals surface area contributed by atoms with Gasteiger partial charge in [0.2, 0.25) is 0 Å². The summed E-state index contributed by atoms with van der Waals surface area (Å²) < 4.78 is 0. The van der Waals surface area contributed by atoms with Crippen molar-refractivity contribution < 1.29 is 0 Å². The van der Waals surface area contributed by atoms with Crippen LogP contribution < -0.4 is 5.32 Å². The first-order chi connectivity index (χ1) is 6.69. The zero-order valence-corrected chi connectivity index (χ0v) is 10.1. The van der Waals surface area contributed by atoms with Gasteiger partial charge in [0.1, 0.15) is 0 Å². The van der Waals surface area contributed by atoms with Crippen LogP contribution in [0.15, 0.2) is 0 Å². The molecule has 1 aliphatic rings. The maximum atomic E-state index is 3.29. The summed E-state index contributed by atoms with van der Waals surface area (Å²) in [5.41, 5.74) is 0. The maximum absolute atomic E-state index is 3.29. The lowest BCUT2D eigenvalue weighted by atomic mass is 10.1. The summed E-state index contributed by atoms with van der Waals surface area (Å²) in [6.07, 6.45) is 1.24. The minimum Gasteiger partial charge on any atom is -0.318 e. The number of nitrogens with one attached hydrogen (secondary N) is 1. The van der Waals surface area contributed by atoms with Gasteiger partial charge in [0, 0.05) is 38.3 Å². The van der Waals surface area contributed by atoms with E-state index >= 15 is 0 Å². The molecule has 0 aromatic carbocycles. The molecule has 1 saturated heterocycles. The second kappa shape index (κ2) is 5.69. The topological polar surface area (TPSA) is 18.5 Å². The second-order valence-electron chi connectivity index (χ2n) is 4.47. The largest absolute Gasteiger partial charge is 0.318 e. The van der Waals surface area contributed by atoms with E-state index < -0.39 is 0 Å². The van der Waals surface area contributed by atoms with Gasteiger partial charge in [-0.05, 0) is 27.4 Å². The Morgan fingerprint density at radius 2 is 2.14 bits per heavy atom. The van der Waals surface area contributed by atoms with Crippen LogP contribution in [-0.4, -0.2) is 62.2 Å². The number of likely N-dealkylation sites (N-methyl/N-ethyl adjacent to an activating group) is 2. The van der Waals surface area contributed by atoms with Crippen molar-refractivity contribution in [3.63, 3.8) is 0 Å². The third kappa shape index (κ3) is 2.94. The third-order valence-electron chi connectivity index (χ3n) is 3.26. The van der Waals surface area contributed by atoms with Crippen molar-refractivity contribution in [2.24, 2.45) is 0 Å². The Morgan fingerprint density at radius 1 is 1.43 bits per heavy atom. The van der Waals surface area contributed by atoms with E-state index in [9.17, 15) is 0 Å². The minimum atomic E-state index is 0.701. The number of hydrogen-bond donors (Lipinski definition) is 1. The van der Waals surface area contributed by atoms with Gasteiger partial charge in [-0.2, -0.15) is 0 Å². The normalized spacial score (nSPS) is 27.9. The van der Waals surface area contributed by atoms with Crippen LogP contribution in [0.2, 0.25) is 0 Å². The van der Waals surface area contributed by atoms with E-state index in [0.717, 1.165) is 6.54 Å². The highest BCUT2D eigenvalue weighted by Crippen LogP contribution is 2.13. The summed E-state index contributed by atoms with van der Waals surface area (Å²) in [5.74, 6) is 0. The number of hydrogen-bond acceptors (Lipinski definition) is 3. The van der Waals surface area contributed by atoms with Crippen LogP contribution in [0.3, 0.4) is 0 Å². The SMILES string of the molecule is CCC(CNC)N1CCN(C)CC1C. The second-order valence-corrected chi connectivity index (χ2v) is 4.47. The molecule has 1 rings (SSSR count). The van der Waals surface area contributed by atoms with Crippen molar-refractivity contribution >= 4 is 0 Å². The van der Waals surface area contributed by atoms with E-state index in [0.29, 0.717) is 12.1 Å². The number of rotatable bonds is 4. The summed E-state index contributed by atoms with van der Waals surface area (Å²) in [6, 6.07) is 1.41. The van der Waals surface area contributed by atoms with Crippen LogP contribution in [0.5, 0.6) is 0 Å². The molecule has 1 N–H and O–H groups in total. The van der Waals surface area contributed by atoms with E-state index in [1.807, 2.05) is 7.05 Å². The van der Waals surface area contributed by atoms with Crippen LogP contribution in [0.1, 0.15) is 20.3 Å². The first-order valence-corrected chi connectivity index (χ1v) is 5.78. The fraction of sp³-hybridized carbons (Fsp3) is 1.00. The fourth-order valence-electron chi connectivity index (χ4n) is 2.43. The van der Waals surface area contributed by atoms with E-state index in [4.69, 9.17) is 0 Å². The van der Waals surface area contributed by atoms with Crippen LogP contribution in [-0.2, 0) is 0 Å². The average molecular weight is 199 g/mol. The molecular formula is C11H25N3. The van der Waals surface area contributed by atoms with Crippen LogP contribution in [0.4, 0.5) is 0 Å². The standard InChI is InChI=1S/C11H25N3/c1-5-11(8-12-3)14-7-6-13(4)9-10(14)2/h10-12H,5-9H2,1-4H3. The van der Waals surface area contributed by atoms with Gasteiger partial charge in [-0.15, -0.1) is 0 Å². The first kappa shape index (κ1) is 12.0. The summed E-state index contributed by atoms with van der Waals surface area (Å²) in [6.45, 7) is 9.38. The molecule has 0 spiro atoms. The van der Waals surface area contributed by atoms with Gasteiger partial charge >= 0.3 is 0 Å². The molecule has 2 atom stereocenters. The highest BCUT2D eigenvalue weighted by atomic mass is 15.3. The molecule has 0 bridgehead atoms. The van der Waals surface area contributed by atoms with Gasteiger partial charge in [-0.25, -0.2) is 0 Å². The molecule has 2 unspecified atom stereocenters. The monoisotopic (exact) mass is 199 g/mol. The molecule has 0 aromatic rings. The van der Waals surface area contributed by atoms with E-state index in [2.05, 4.69) is 36.0 Å². The summed E-state index contributed by atoms with van der Waals surface area (Å²) >= 11 is 0. The van der Waals surface area contributed by atoms with Crippen molar-refractivity contribution in [1.29, 1.82) is 0 Å². The predicted octanol–water partition coefficient (Wildman–Crippen LogP) is 0.620. The molecule has 0 aliphatic carbocycles. The lowest BCUT2D eigenvalue weighted by molar-refractivity contribution is 0.0598. The first-order valence-electron chi connectivity index (χ1n) is 5.78. The van der Waals surface area contributed by atoms with Crippen LogP contribution >= 0.6 is 0 Å². The van der Waals surface area contributed by atoms with Gasteiger partial charge in [0.15, 0.2) is 0 Å². The van der Waals surface area contributed by atoms with Crippen molar-refractivity contribution in [3.8, 4) is 0 Å². The molecule has 14 heavy (non-hydrogen) atoms. The van der Waals surface area contributed by atoms with Crippen LogP contribution in [0.25, 0.3) is 0 Å². The molecular weight excluding hydrogens is 174 g/mol. The Morgan fingerprint density at radius 3 is 2.64 bits per heavy atom. The molecule has 1 fully saturated rings. The molecule has 1 aliphatic heterocycles. The van der Waals surface area contributed by atoms with Crippen molar-refractivity contribution in [1.82, 2.24) is 15.1 Å². The molecule has 0 amide bonds. The van der Waals surface area contributed by atoms with Gasteiger partial charge in [-0.1, -0.05) is 6.92 Å². The highest BCUT2D eigenvalue weighted by Gasteiger charge is 2.26. The quantitative estimate of drug-likeness (QED) is 0.716. The summed E-state index contributed by atoms with van der Waals surface area (Å²) in [4.78, 5) is 5.07.